The lowest BCUT2D eigenvalue weighted by Gasteiger charge is -2.50. The van der Waals surface area contributed by atoms with Gasteiger partial charge in [-0.2, -0.15) is 13.6 Å². The molecule has 3 aliphatic rings. The highest BCUT2D eigenvalue weighted by molar-refractivity contribution is 7.84. The summed E-state index contributed by atoms with van der Waals surface area (Å²) in [6, 6.07) is 14.4. The molecule has 2 aromatic carbocycles. The van der Waals surface area contributed by atoms with Gasteiger partial charge in [-0.05, 0) is 89.7 Å². The van der Waals surface area contributed by atoms with Gasteiger partial charge < -0.3 is 9.29 Å². The highest BCUT2D eigenvalue weighted by atomic mass is 32.2. The molecular weight excluding hydrogens is 478 g/mol. The van der Waals surface area contributed by atoms with Crippen LogP contribution in [-0.2, 0) is 26.3 Å². The Bertz CT molecular complexity index is 1340. The Hall–Kier alpha value is -2.97. The molecule has 0 saturated heterocycles. The number of hydrogen-bond acceptors (Lipinski definition) is 5. The summed E-state index contributed by atoms with van der Waals surface area (Å²) in [5.41, 5.74) is 3.51. The predicted octanol–water partition coefficient (Wildman–Crippen LogP) is 4.49. The standard InChI is InChI=1S/C28H31NO6S/c1-28-14-13-21-20-10-8-19(35-36(29,33)34)15-18(20)7-9-22(21)24(28)11-12-25(28)26(30)16-23(27(31)32)17-5-3-2-4-6-17/h2-6,8,10,12,15,21-24H,7,9,11,13-14,16H2,1H3,(H,31,32)(H2,29,33,34). The van der Waals surface area contributed by atoms with E-state index in [4.69, 9.17) is 9.32 Å². The number of rotatable bonds is 7. The van der Waals surface area contributed by atoms with Crippen LogP contribution in [0.15, 0.2) is 60.2 Å². The SMILES string of the molecule is CC12CCC3c4ccc(OS(N)(=O)=O)cc4CCC3C1CC=C2C(=O)CC(C(=O)O)c1ccccc1. The van der Waals surface area contributed by atoms with Crippen LogP contribution in [0.3, 0.4) is 0 Å². The number of hydrogen-bond donors (Lipinski definition) is 2. The molecule has 3 N–H and O–H groups in total. The van der Waals surface area contributed by atoms with Crippen molar-refractivity contribution in [1.29, 1.82) is 0 Å². The Morgan fingerprint density at radius 1 is 1.17 bits per heavy atom. The van der Waals surface area contributed by atoms with E-state index in [1.807, 2.05) is 12.1 Å². The molecule has 5 rings (SSSR count). The lowest BCUT2D eigenvalue weighted by Crippen LogP contribution is -2.42. The van der Waals surface area contributed by atoms with E-state index in [0.717, 1.165) is 43.2 Å². The third-order valence-corrected chi connectivity index (χ3v) is 9.11. The first-order valence-corrected chi connectivity index (χ1v) is 13.9. The molecule has 5 unspecified atom stereocenters. The van der Waals surface area contributed by atoms with Gasteiger partial charge in [0.05, 0.1) is 5.92 Å². The van der Waals surface area contributed by atoms with Crippen molar-refractivity contribution in [3.63, 3.8) is 0 Å². The molecule has 3 aliphatic carbocycles. The van der Waals surface area contributed by atoms with Crippen LogP contribution < -0.4 is 9.32 Å². The lowest BCUT2D eigenvalue weighted by molar-refractivity contribution is -0.140. The molecule has 1 fully saturated rings. The van der Waals surface area contributed by atoms with E-state index in [1.54, 1.807) is 36.4 Å². The van der Waals surface area contributed by atoms with Crippen molar-refractivity contribution in [1.82, 2.24) is 0 Å². The molecule has 0 amide bonds. The molecule has 8 heteroatoms. The minimum atomic E-state index is -4.07. The molecule has 0 heterocycles. The van der Waals surface area contributed by atoms with Crippen molar-refractivity contribution >= 4 is 22.1 Å². The van der Waals surface area contributed by atoms with Crippen LogP contribution in [0.1, 0.15) is 67.6 Å². The van der Waals surface area contributed by atoms with Crippen LogP contribution in [-0.4, -0.2) is 25.3 Å². The molecule has 2 aromatic rings. The number of carbonyl (C=O) groups is 2. The third kappa shape index (κ3) is 4.48. The zero-order valence-corrected chi connectivity index (χ0v) is 21.0. The number of aryl methyl sites for hydroxylation is 1. The zero-order chi connectivity index (χ0) is 25.7. The van der Waals surface area contributed by atoms with Gasteiger partial charge in [-0.1, -0.05) is 49.4 Å². The molecular formula is C28H31NO6S. The second kappa shape index (κ2) is 9.16. The monoisotopic (exact) mass is 509 g/mol. The minimum absolute atomic E-state index is 0.0305. The summed E-state index contributed by atoms with van der Waals surface area (Å²) >= 11 is 0. The number of benzene rings is 2. The van der Waals surface area contributed by atoms with Gasteiger partial charge in [-0.25, -0.2) is 0 Å². The number of allylic oxidation sites excluding steroid dienone is 2. The van der Waals surface area contributed by atoms with Gasteiger partial charge in [0.1, 0.15) is 5.75 Å². The highest BCUT2D eigenvalue weighted by Crippen LogP contribution is 2.61. The smallest absolute Gasteiger partial charge is 0.380 e. The van der Waals surface area contributed by atoms with E-state index in [9.17, 15) is 23.1 Å². The molecule has 0 aliphatic heterocycles. The quantitative estimate of drug-likeness (QED) is 0.567. The maximum absolute atomic E-state index is 13.5. The van der Waals surface area contributed by atoms with Gasteiger partial charge >= 0.3 is 16.3 Å². The van der Waals surface area contributed by atoms with E-state index in [1.165, 1.54) is 5.56 Å². The summed E-state index contributed by atoms with van der Waals surface area (Å²) < 4.78 is 27.5. The van der Waals surface area contributed by atoms with Crippen LogP contribution in [0.2, 0.25) is 0 Å². The summed E-state index contributed by atoms with van der Waals surface area (Å²) in [5.74, 6) is -0.583. The number of ketones is 1. The van der Waals surface area contributed by atoms with Gasteiger partial charge in [0.25, 0.3) is 0 Å². The Kier molecular flexibility index (Phi) is 6.29. The van der Waals surface area contributed by atoms with Gasteiger partial charge in [-0.3, -0.25) is 9.59 Å². The summed E-state index contributed by atoms with van der Waals surface area (Å²) in [7, 11) is -4.07. The normalized spacial score (nSPS) is 27.7. The minimum Gasteiger partial charge on any atom is -0.481 e. The van der Waals surface area contributed by atoms with Crippen molar-refractivity contribution in [3.05, 3.63) is 76.9 Å². The second-order valence-corrected chi connectivity index (χ2v) is 11.7. The van der Waals surface area contributed by atoms with E-state index in [2.05, 4.69) is 13.0 Å². The molecule has 190 valence electrons. The second-order valence-electron chi connectivity index (χ2n) is 10.6. The summed E-state index contributed by atoms with van der Waals surface area (Å²) in [6.07, 6.45) is 6.40. The Morgan fingerprint density at radius 3 is 2.61 bits per heavy atom. The molecule has 0 spiro atoms. The first-order valence-electron chi connectivity index (χ1n) is 12.4. The number of aliphatic carboxylic acids is 1. The van der Waals surface area contributed by atoms with E-state index < -0.39 is 22.2 Å². The molecule has 0 radical (unpaired) electrons. The van der Waals surface area contributed by atoms with Gasteiger partial charge in [-0.15, -0.1) is 0 Å². The van der Waals surface area contributed by atoms with E-state index in [-0.39, 0.29) is 23.4 Å². The van der Waals surface area contributed by atoms with Gasteiger partial charge in [0.2, 0.25) is 0 Å². The summed E-state index contributed by atoms with van der Waals surface area (Å²) in [5, 5.41) is 14.8. The number of Topliss-reactive ketones (excluding diaryl/α,β-unsaturated/α-hetero) is 1. The molecule has 36 heavy (non-hydrogen) atoms. The topological polar surface area (TPSA) is 124 Å². The first kappa shape index (κ1) is 24.7. The molecule has 5 atom stereocenters. The Labute approximate surface area is 211 Å². The van der Waals surface area contributed by atoms with E-state index in [0.29, 0.717) is 23.3 Å². The maximum atomic E-state index is 13.5. The zero-order valence-electron chi connectivity index (χ0n) is 20.2. The van der Waals surface area contributed by atoms with Crippen LogP contribution in [0.5, 0.6) is 5.75 Å². The van der Waals surface area contributed by atoms with Crippen LogP contribution in [0.25, 0.3) is 0 Å². The summed E-state index contributed by atoms with van der Waals surface area (Å²) in [4.78, 5) is 25.5. The molecule has 7 nitrogen and oxygen atoms in total. The largest absolute Gasteiger partial charge is 0.481 e. The fourth-order valence-corrected chi connectivity index (χ4v) is 7.44. The fourth-order valence-electron chi connectivity index (χ4n) is 7.07. The number of carboxylic acid groups (broad SMARTS) is 1. The lowest BCUT2D eigenvalue weighted by atomic mass is 9.54. The average molecular weight is 510 g/mol. The van der Waals surface area contributed by atoms with Crippen molar-refractivity contribution in [3.8, 4) is 5.75 Å². The van der Waals surface area contributed by atoms with Crippen LogP contribution >= 0.6 is 0 Å². The molecule has 1 saturated carbocycles. The van der Waals surface area contributed by atoms with Gasteiger partial charge in [0.15, 0.2) is 5.78 Å². The average Bonchev–Trinajstić information content (AvgIpc) is 3.18. The van der Waals surface area contributed by atoms with Gasteiger partial charge in [0, 0.05) is 6.42 Å². The Balaban J connectivity index is 1.34. The number of fused-ring (bicyclic) bond motifs is 5. The Morgan fingerprint density at radius 2 is 1.92 bits per heavy atom. The summed E-state index contributed by atoms with van der Waals surface area (Å²) in [6.45, 7) is 2.18. The highest BCUT2D eigenvalue weighted by Gasteiger charge is 2.53. The van der Waals surface area contributed by atoms with Crippen LogP contribution in [0.4, 0.5) is 0 Å². The molecule has 0 aromatic heterocycles. The van der Waals surface area contributed by atoms with Crippen molar-refractivity contribution < 1.29 is 27.3 Å². The number of carbonyl (C=O) groups excluding carboxylic acids is 1. The number of nitrogens with two attached hydrogens (primary N) is 1. The number of carboxylic acids is 1. The molecule has 0 bridgehead atoms. The van der Waals surface area contributed by atoms with Crippen LogP contribution in [0, 0.1) is 17.3 Å². The van der Waals surface area contributed by atoms with Crippen molar-refractivity contribution in [2.24, 2.45) is 22.4 Å². The fraction of sp³-hybridized carbons (Fsp3) is 0.429. The van der Waals surface area contributed by atoms with Crippen molar-refractivity contribution in [2.45, 2.75) is 57.3 Å². The van der Waals surface area contributed by atoms with Crippen molar-refractivity contribution in [2.75, 3.05) is 0 Å². The third-order valence-electron chi connectivity index (χ3n) is 8.68. The van der Waals surface area contributed by atoms with E-state index >= 15 is 0 Å². The maximum Gasteiger partial charge on any atom is 0.380 e. The first-order chi connectivity index (χ1) is 17.1. The predicted molar refractivity (Wildman–Crippen MR) is 135 cm³/mol.